The van der Waals surface area contributed by atoms with Gasteiger partial charge in [-0.15, -0.1) is 0 Å². The molecule has 1 amide bonds. The Bertz CT molecular complexity index is 986. The van der Waals surface area contributed by atoms with Crippen LogP contribution in [-0.4, -0.2) is 34.9 Å². The second kappa shape index (κ2) is 7.20. The van der Waals surface area contributed by atoms with Gasteiger partial charge >= 0.3 is 0 Å². The molecule has 1 aromatic heterocycles. The second-order valence-corrected chi connectivity index (χ2v) is 7.24. The zero-order valence-electron chi connectivity index (χ0n) is 15.9. The molecule has 1 aliphatic rings. The highest BCUT2D eigenvalue weighted by molar-refractivity contribution is 5.93. The largest absolute Gasteiger partial charge is 0.376 e. The number of halogens is 1. The molecular formula is C22H22FN3O2. The van der Waals surface area contributed by atoms with Gasteiger partial charge in [0.25, 0.3) is 5.91 Å². The first-order chi connectivity index (χ1) is 13.5. The van der Waals surface area contributed by atoms with Gasteiger partial charge in [0, 0.05) is 39.1 Å². The second-order valence-electron chi connectivity index (χ2n) is 7.24. The third-order valence-electron chi connectivity index (χ3n) is 5.40. The number of rotatable bonds is 5. The van der Waals surface area contributed by atoms with E-state index in [1.165, 1.54) is 27.9 Å². The minimum absolute atomic E-state index is 0.212. The molecule has 2 aromatic carbocycles. The van der Waals surface area contributed by atoms with Crippen molar-refractivity contribution in [2.45, 2.75) is 18.4 Å². The predicted molar refractivity (Wildman–Crippen MR) is 105 cm³/mol. The van der Waals surface area contributed by atoms with Crippen molar-refractivity contribution in [1.82, 2.24) is 15.1 Å². The van der Waals surface area contributed by atoms with Crippen LogP contribution in [0.15, 0.2) is 54.6 Å². The molecule has 144 valence electrons. The molecule has 0 radical (unpaired) electrons. The van der Waals surface area contributed by atoms with Crippen LogP contribution in [0.5, 0.6) is 0 Å². The molecule has 1 N–H and O–H groups in total. The van der Waals surface area contributed by atoms with E-state index in [0.717, 1.165) is 18.4 Å². The number of carbonyl (C=O) groups is 1. The summed E-state index contributed by atoms with van der Waals surface area (Å²) >= 11 is 0. The maximum Gasteiger partial charge on any atom is 0.269 e. The Morgan fingerprint density at radius 2 is 1.82 bits per heavy atom. The van der Waals surface area contributed by atoms with Crippen molar-refractivity contribution in [2.75, 3.05) is 13.7 Å². The van der Waals surface area contributed by atoms with Crippen molar-refractivity contribution >= 4 is 5.91 Å². The van der Waals surface area contributed by atoms with E-state index in [9.17, 15) is 9.18 Å². The van der Waals surface area contributed by atoms with E-state index >= 15 is 0 Å². The molecule has 0 atom stereocenters. The molecule has 0 bridgehead atoms. The van der Waals surface area contributed by atoms with Crippen molar-refractivity contribution in [3.8, 4) is 11.3 Å². The number of aromatic nitrogens is 2. The van der Waals surface area contributed by atoms with E-state index in [-0.39, 0.29) is 11.7 Å². The number of fused-ring (bicyclic) bond motifs is 1. The van der Waals surface area contributed by atoms with Crippen molar-refractivity contribution < 1.29 is 13.9 Å². The molecule has 0 fully saturated rings. The Balaban J connectivity index is 1.48. The van der Waals surface area contributed by atoms with Gasteiger partial charge in [0.2, 0.25) is 0 Å². The standard InChI is InChI=1S/C22H22FN3O2/c1-26-20(11-19(25-26)15-7-9-18(23)10-8-15)21(27)24-14-22(28-2)12-16-5-3-4-6-17(16)13-22/h3-11H,12-14H2,1-2H3,(H,24,27). The molecule has 6 heteroatoms. The van der Waals surface area contributed by atoms with Gasteiger partial charge in [0.15, 0.2) is 0 Å². The smallest absolute Gasteiger partial charge is 0.269 e. The number of methoxy groups -OCH3 is 1. The lowest BCUT2D eigenvalue weighted by Gasteiger charge is -2.27. The fourth-order valence-electron chi connectivity index (χ4n) is 3.77. The first-order valence-electron chi connectivity index (χ1n) is 9.20. The van der Waals surface area contributed by atoms with Gasteiger partial charge in [-0.05, 0) is 41.5 Å². The third kappa shape index (κ3) is 3.43. The first-order valence-corrected chi connectivity index (χ1v) is 9.20. The van der Waals surface area contributed by atoms with E-state index < -0.39 is 5.60 Å². The van der Waals surface area contributed by atoms with Gasteiger partial charge in [0.1, 0.15) is 11.5 Å². The Labute approximate surface area is 163 Å². The Morgan fingerprint density at radius 3 is 2.43 bits per heavy atom. The third-order valence-corrected chi connectivity index (χ3v) is 5.40. The number of nitrogens with one attached hydrogen (secondary N) is 1. The summed E-state index contributed by atoms with van der Waals surface area (Å²) in [6, 6.07) is 16.0. The maximum absolute atomic E-state index is 13.1. The monoisotopic (exact) mass is 379 g/mol. The van der Waals surface area contributed by atoms with E-state index in [1.807, 2.05) is 12.1 Å². The lowest BCUT2D eigenvalue weighted by molar-refractivity contribution is 0.000102. The fourth-order valence-corrected chi connectivity index (χ4v) is 3.77. The number of hydrogen-bond acceptors (Lipinski definition) is 3. The number of carbonyl (C=O) groups excluding carboxylic acids is 1. The van der Waals surface area contributed by atoms with Gasteiger partial charge in [-0.3, -0.25) is 9.48 Å². The van der Waals surface area contributed by atoms with Crippen LogP contribution in [0, 0.1) is 5.82 Å². The molecule has 0 saturated heterocycles. The van der Waals surface area contributed by atoms with Crippen molar-refractivity contribution in [3.05, 3.63) is 77.2 Å². The number of ether oxygens (including phenoxy) is 1. The molecule has 1 aliphatic carbocycles. The van der Waals surface area contributed by atoms with Gasteiger partial charge in [-0.1, -0.05) is 24.3 Å². The molecular weight excluding hydrogens is 357 g/mol. The summed E-state index contributed by atoms with van der Waals surface area (Å²) < 4.78 is 20.5. The molecule has 0 spiro atoms. The van der Waals surface area contributed by atoms with Crippen LogP contribution in [0.25, 0.3) is 11.3 Å². The molecule has 0 unspecified atom stereocenters. The van der Waals surface area contributed by atoms with E-state index in [0.29, 0.717) is 17.9 Å². The molecule has 1 heterocycles. The number of nitrogens with zero attached hydrogens (tertiary/aromatic N) is 2. The Kier molecular flexibility index (Phi) is 4.73. The summed E-state index contributed by atoms with van der Waals surface area (Å²) in [6.07, 6.45) is 1.54. The van der Waals surface area contributed by atoms with Crippen molar-refractivity contribution in [3.63, 3.8) is 0 Å². The van der Waals surface area contributed by atoms with Crippen molar-refractivity contribution in [1.29, 1.82) is 0 Å². The average molecular weight is 379 g/mol. The van der Waals surface area contributed by atoms with Crippen LogP contribution in [0.4, 0.5) is 4.39 Å². The predicted octanol–water partition coefficient (Wildman–Crippen LogP) is 3.14. The van der Waals surface area contributed by atoms with E-state index in [4.69, 9.17) is 4.74 Å². The zero-order valence-corrected chi connectivity index (χ0v) is 15.9. The molecule has 3 aromatic rings. The minimum atomic E-state index is -0.433. The lowest BCUT2D eigenvalue weighted by Crippen LogP contribution is -2.45. The molecule has 4 rings (SSSR count). The van der Waals surface area contributed by atoms with Gasteiger partial charge in [0.05, 0.1) is 11.3 Å². The van der Waals surface area contributed by atoms with Crippen LogP contribution in [-0.2, 0) is 24.6 Å². The number of aryl methyl sites for hydroxylation is 1. The number of amides is 1. The highest BCUT2D eigenvalue weighted by Crippen LogP contribution is 2.32. The SMILES string of the molecule is COC1(CNC(=O)c2cc(-c3ccc(F)cc3)nn2C)Cc2ccccc2C1. The fraction of sp³-hybridized carbons (Fsp3) is 0.273. The van der Waals surface area contributed by atoms with Gasteiger partial charge in [-0.25, -0.2) is 4.39 Å². The minimum Gasteiger partial charge on any atom is -0.376 e. The van der Waals surface area contributed by atoms with Crippen LogP contribution < -0.4 is 5.32 Å². The van der Waals surface area contributed by atoms with E-state index in [2.05, 4.69) is 22.5 Å². The molecule has 5 nitrogen and oxygen atoms in total. The Morgan fingerprint density at radius 1 is 1.18 bits per heavy atom. The highest BCUT2D eigenvalue weighted by atomic mass is 19.1. The van der Waals surface area contributed by atoms with Crippen LogP contribution >= 0.6 is 0 Å². The van der Waals surface area contributed by atoms with Gasteiger partial charge < -0.3 is 10.1 Å². The molecule has 0 aliphatic heterocycles. The molecule has 0 saturated carbocycles. The van der Waals surface area contributed by atoms with Crippen LogP contribution in [0.1, 0.15) is 21.6 Å². The summed E-state index contributed by atoms with van der Waals surface area (Å²) in [5.41, 5.74) is 3.92. The lowest BCUT2D eigenvalue weighted by atomic mass is 10.00. The maximum atomic E-state index is 13.1. The summed E-state index contributed by atoms with van der Waals surface area (Å²) in [5, 5.41) is 7.38. The molecule has 28 heavy (non-hydrogen) atoms. The van der Waals surface area contributed by atoms with Crippen molar-refractivity contribution in [2.24, 2.45) is 7.05 Å². The number of hydrogen-bond donors (Lipinski definition) is 1. The topological polar surface area (TPSA) is 56.1 Å². The van der Waals surface area contributed by atoms with Crippen LogP contribution in [0.3, 0.4) is 0 Å². The van der Waals surface area contributed by atoms with Crippen LogP contribution in [0.2, 0.25) is 0 Å². The highest BCUT2D eigenvalue weighted by Gasteiger charge is 2.37. The summed E-state index contributed by atoms with van der Waals surface area (Å²) in [4.78, 5) is 12.8. The quantitative estimate of drug-likeness (QED) is 0.741. The zero-order chi connectivity index (χ0) is 19.7. The normalized spacial score (nSPS) is 14.7. The summed E-state index contributed by atoms with van der Waals surface area (Å²) in [6.45, 7) is 0.411. The summed E-state index contributed by atoms with van der Waals surface area (Å²) in [7, 11) is 3.41. The van der Waals surface area contributed by atoms with Gasteiger partial charge in [-0.2, -0.15) is 5.10 Å². The first kappa shape index (κ1) is 18.4. The summed E-state index contributed by atoms with van der Waals surface area (Å²) in [5.74, 6) is -0.518. The van der Waals surface area contributed by atoms with E-state index in [1.54, 1.807) is 32.4 Å². The average Bonchev–Trinajstić information content (AvgIpc) is 3.27. The Hall–Kier alpha value is -2.99. The number of benzene rings is 2.